The van der Waals surface area contributed by atoms with Gasteiger partial charge in [0.05, 0.1) is 23.3 Å². The van der Waals surface area contributed by atoms with Gasteiger partial charge in [-0.05, 0) is 62.7 Å². The van der Waals surface area contributed by atoms with Gasteiger partial charge in [-0.1, -0.05) is 17.7 Å². The number of fused-ring (bicyclic) bond motifs is 1. The summed E-state index contributed by atoms with van der Waals surface area (Å²) in [4.78, 5) is 21.6. The number of pyridine rings is 1. The van der Waals surface area contributed by atoms with Crippen LogP contribution in [-0.4, -0.2) is 18.2 Å². The van der Waals surface area contributed by atoms with E-state index in [1.54, 1.807) is 38.5 Å². The van der Waals surface area contributed by atoms with Crippen LogP contribution in [0, 0.1) is 13.8 Å². The molecule has 0 aliphatic carbocycles. The number of nitrogens with zero attached hydrogens (tertiary/aromatic N) is 2. The van der Waals surface area contributed by atoms with Gasteiger partial charge in [0.25, 0.3) is 0 Å². The number of anilines is 2. The Morgan fingerprint density at radius 2 is 1.97 bits per heavy atom. The molecule has 6 nitrogen and oxygen atoms in total. The first-order valence-corrected chi connectivity index (χ1v) is 10.9. The quantitative estimate of drug-likeness (QED) is 0.219. The topological polar surface area (TPSA) is 93.5 Å². The molecule has 0 amide bonds. The number of benzene rings is 2. The van der Waals surface area contributed by atoms with Crippen molar-refractivity contribution in [1.29, 1.82) is 0 Å². The number of nitrogens with one attached hydrogen (secondary N) is 1. The Kier molecular flexibility index (Phi) is 6.20. The van der Waals surface area contributed by atoms with Crippen LogP contribution in [-0.2, 0) is 0 Å². The Morgan fingerprint density at radius 3 is 2.67 bits per heavy atom. The van der Waals surface area contributed by atoms with E-state index in [0.29, 0.717) is 33.1 Å². The summed E-state index contributed by atoms with van der Waals surface area (Å²) in [6.45, 7) is 5.77. The van der Waals surface area contributed by atoms with Crippen molar-refractivity contribution >= 4 is 40.2 Å². The number of nitrogens with two attached hydrogens (primary N) is 1. The molecule has 33 heavy (non-hydrogen) atoms. The van der Waals surface area contributed by atoms with Crippen LogP contribution in [0.25, 0.3) is 22.3 Å². The summed E-state index contributed by atoms with van der Waals surface area (Å²) in [7, 11) is 1.69. The second-order valence-electron chi connectivity index (χ2n) is 8.08. The second-order valence-corrected chi connectivity index (χ2v) is 8.47. The molecule has 0 bridgehead atoms. The van der Waals surface area contributed by atoms with Gasteiger partial charge in [-0.2, -0.15) is 0 Å². The molecule has 7 heteroatoms. The highest BCUT2D eigenvalue weighted by atomic mass is 35.5. The number of halogens is 1. The highest BCUT2D eigenvalue weighted by Gasteiger charge is 2.19. The zero-order valence-corrected chi connectivity index (χ0v) is 19.7. The van der Waals surface area contributed by atoms with Gasteiger partial charge in [0.15, 0.2) is 5.43 Å². The molecule has 1 atom stereocenters. The molecule has 4 rings (SSSR count). The largest absolute Gasteiger partial charge is 0.455 e. The molecule has 0 saturated heterocycles. The molecule has 0 radical (unpaired) electrons. The molecular weight excluding hydrogens is 436 g/mol. The molecule has 168 valence electrons. The number of hydrogen-bond acceptors (Lipinski definition) is 6. The third-order valence-electron chi connectivity index (χ3n) is 5.59. The third kappa shape index (κ3) is 4.47. The minimum absolute atomic E-state index is 0.0564. The molecule has 0 saturated carbocycles. The van der Waals surface area contributed by atoms with Crippen molar-refractivity contribution in [2.75, 3.05) is 18.1 Å². The molecule has 0 aliphatic rings. The predicted octanol–water partition coefficient (Wildman–Crippen LogP) is 5.93. The maximum absolute atomic E-state index is 13.4. The third-order valence-corrected chi connectivity index (χ3v) is 5.81. The van der Waals surface area contributed by atoms with E-state index in [1.165, 1.54) is 0 Å². The standard InChI is InChI=1S/C26H25ClN4O2/c1-14-9-20(16(3)31-19-6-8-23(27)30-13-19)26-21(10-14)24(32)15(2)25(33-26)17-5-7-22(28)18(11-17)12-29-4/h5-13,16,31H,28H2,1-4H3. The Hall–Kier alpha value is -3.64. The lowest BCUT2D eigenvalue weighted by atomic mass is 9.98. The van der Waals surface area contributed by atoms with Crippen LogP contribution >= 0.6 is 11.6 Å². The Labute approximate surface area is 197 Å². The Balaban J connectivity index is 1.89. The minimum atomic E-state index is -0.150. The number of nitrogen functional groups attached to an aromatic ring is 1. The van der Waals surface area contributed by atoms with Crippen molar-refractivity contribution in [3.8, 4) is 11.3 Å². The van der Waals surface area contributed by atoms with Crippen LogP contribution in [0.3, 0.4) is 0 Å². The van der Waals surface area contributed by atoms with Gasteiger partial charge in [0, 0.05) is 41.2 Å². The van der Waals surface area contributed by atoms with Crippen LogP contribution in [0.1, 0.15) is 35.2 Å². The highest BCUT2D eigenvalue weighted by Crippen LogP contribution is 2.33. The normalized spacial score (nSPS) is 12.4. The fourth-order valence-corrected chi connectivity index (χ4v) is 4.03. The molecule has 2 aromatic heterocycles. The molecule has 0 fully saturated rings. The summed E-state index contributed by atoms with van der Waals surface area (Å²) in [5.74, 6) is 0.517. The summed E-state index contributed by atoms with van der Waals surface area (Å²) in [6.07, 6.45) is 3.36. The number of rotatable bonds is 5. The van der Waals surface area contributed by atoms with E-state index in [0.717, 1.165) is 27.9 Å². The number of aromatic nitrogens is 1. The van der Waals surface area contributed by atoms with E-state index in [4.69, 9.17) is 21.8 Å². The molecule has 0 spiro atoms. The number of hydrogen-bond donors (Lipinski definition) is 2. The van der Waals surface area contributed by atoms with Crippen molar-refractivity contribution in [2.24, 2.45) is 4.99 Å². The van der Waals surface area contributed by atoms with Gasteiger partial charge in [-0.25, -0.2) is 4.98 Å². The molecule has 3 N–H and O–H groups in total. The van der Waals surface area contributed by atoms with E-state index in [1.807, 2.05) is 44.2 Å². The Bertz CT molecular complexity index is 1430. The van der Waals surface area contributed by atoms with Crippen LogP contribution in [0.15, 0.2) is 62.9 Å². The number of aryl methyl sites for hydroxylation is 1. The summed E-state index contributed by atoms with van der Waals surface area (Å²) in [6, 6.07) is 12.9. The molecule has 2 heterocycles. The fourth-order valence-electron chi connectivity index (χ4n) is 3.92. The Morgan fingerprint density at radius 1 is 1.18 bits per heavy atom. The molecule has 1 unspecified atom stereocenters. The predicted molar refractivity (Wildman–Crippen MR) is 137 cm³/mol. The maximum atomic E-state index is 13.4. The molecule has 0 aliphatic heterocycles. The lowest BCUT2D eigenvalue weighted by molar-refractivity contribution is 0.605. The monoisotopic (exact) mass is 460 g/mol. The smallest absolute Gasteiger partial charge is 0.196 e. The molecule has 4 aromatic rings. The van der Waals surface area contributed by atoms with Crippen LogP contribution < -0.4 is 16.5 Å². The maximum Gasteiger partial charge on any atom is 0.196 e. The van der Waals surface area contributed by atoms with Gasteiger partial charge in [-0.15, -0.1) is 0 Å². The van der Waals surface area contributed by atoms with Gasteiger partial charge < -0.3 is 15.5 Å². The van der Waals surface area contributed by atoms with Crippen LogP contribution in [0.4, 0.5) is 11.4 Å². The average Bonchev–Trinajstić information content (AvgIpc) is 2.79. The van der Waals surface area contributed by atoms with Crippen molar-refractivity contribution < 1.29 is 4.42 Å². The average molecular weight is 461 g/mol. The number of aliphatic imine (C=N–C) groups is 1. The van der Waals surface area contributed by atoms with E-state index >= 15 is 0 Å². The lowest BCUT2D eigenvalue weighted by Crippen LogP contribution is -2.12. The first-order chi connectivity index (χ1) is 15.8. The van der Waals surface area contributed by atoms with Crippen LogP contribution in [0.2, 0.25) is 5.15 Å². The lowest BCUT2D eigenvalue weighted by Gasteiger charge is -2.19. The van der Waals surface area contributed by atoms with E-state index in [-0.39, 0.29) is 11.5 Å². The highest BCUT2D eigenvalue weighted by molar-refractivity contribution is 6.29. The zero-order valence-electron chi connectivity index (χ0n) is 18.9. The first-order valence-electron chi connectivity index (χ1n) is 10.6. The first kappa shape index (κ1) is 22.6. The van der Waals surface area contributed by atoms with Crippen molar-refractivity contribution in [1.82, 2.24) is 4.98 Å². The minimum Gasteiger partial charge on any atom is -0.455 e. The van der Waals surface area contributed by atoms with Crippen molar-refractivity contribution in [2.45, 2.75) is 26.8 Å². The SMILES string of the molecule is CN=Cc1cc(-c2oc3c(C(C)Nc4ccc(Cl)nc4)cc(C)cc3c(=O)c2C)ccc1N. The van der Waals surface area contributed by atoms with Crippen molar-refractivity contribution in [3.63, 3.8) is 0 Å². The van der Waals surface area contributed by atoms with Gasteiger partial charge in [0.2, 0.25) is 0 Å². The molecule has 2 aromatic carbocycles. The fraction of sp³-hybridized carbons (Fsp3) is 0.192. The van der Waals surface area contributed by atoms with Gasteiger partial charge in [0.1, 0.15) is 16.5 Å². The van der Waals surface area contributed by atoms with Crippen molar-refractivity contribution in [3.05, 3.63) is 86.3 Å². The molecular formula is C26H25ClN4O2. The summed E-state index contributed by atoms with van der Waals surface area (Å²) in [5, 5.41) is 4.40. The van der Waals surface area contributed by atoms with E-state index in [2.05, 4.69) is 15.3 Å². The second kappa shape index (κ2) is 9.08. The van der Waals surface area contributed by atoms with Crippen LogP contribution in [0.5, 0.6) is 0 Å². The summed E-state index contributed by atoms with van der Waals surface area (Å²) >= 11 is 5.91. The van der Waals surface area contributed by atoms with Gasteiger partial charge in [-0.3, -0.25) is 9.79 Å². The summed E-state index contributed by atoms with van der Waals surface area (Å²) < 4.78 is 6.43. The van der Waals surface area contributed by atoms with E-state index in [9.17, 15) is 4.79 Å². The van der Waals surface area contributed by atoms with E-state index < -0.39 is 0 Å². The van der Waals surface area contributed by atoms with Gasteiger partial charge >= 0.3 is 0 Å². The zero-order chi connectivity index (χ0) is 23.7. The summed E-state index contributed by atoms with van der Waals surface area (Å²) in [5.41, 5.74) is 11.9.